The van der Waals surface area contributed by atoms with Gasteiger partial charge < -0.3 is 9.52 Å². The van der Waals surface area contributed by atoms with Gasteiger partial charge in [-0.15, -0.1) is 10.2 Å². The molecule has 0 aliphatic carbocycles. The Morgan fingerprint density at radius 3 is 2.08 bits per heavy atom. The third kappa shape index (κ3) is 7.97. The molecule has 3 atom stereocenters. The van der Waals surface area contributed by atoms with Crippen LogP contribution in [0.5, 0.6) is 0 Å². The van der Waals surface area contributed by atoms with Gasteiger partial charge in [0.1, 0.15) is 0 Å². The Morgan fingerprint density at radius 2 is 1.62 bits per heavy atom. The summed E-state index contributed by atoms with van der Waals surface area (Å²) >= 11 is 2.15. The van der Waals surface area contributed by atoms with Gasteiger partial charge in [-0.2, -0.15) is 11.8 Å². The zero-order valence-electron chi connectivity index (χ0n) is 15.2. The first-order valence-corrected chi connectivity index (χ1v) is 9.67. The van der Waals surface area contributed by atoms with Crippen LogP contribution in [0, 0.1) is 0 Å². The normalized spacial score (nSPS) is 14.4. The first-order valence-electron chi connectivity index (χ1n) is 8.72. The molecule has 1 N–H and O–H groups in total. The average Bonchev–Trinajstić information content (AvgIpc) is 3.10. The van der Waals surface area contributed by atoms with Crippen LogP contribution in [-0.2, 0) is 0 Å². The number of benzene rings is 1. The fourth-order valence-electron chi connectivity index (χ4n) is 2.42. The SMILES string of the molecule is CCCC(C)SC(C)CCC.OC(c1ccccc1)c1nnco1. The molecule has 0 saturated carbocycles. The first kappa shape index (κ1) is 20.7. The van der Waals surface area contributed by atoms with Crippen LogP contribution in [-0.4, -0.2) is 25.8 Å². The molecule has 134 valence electrons. The lowest BCUT2D eigenvalue weighted by atomic mass is 10.1. The van der Waals surface area contributed by atoms with E-state index in [1.807, 2.05) is 18.2 Å². The number of thioether (sulfide) groups is 1. The largest absolute Gasteiger partial charge is 0.425 e. The molecule has 0 saturated heterocycles. The molecular weight excluding hydrogens is 320 g/mol. The minimum absolute atomic E-state index is 0.214. The predicted octanol–water partition coefficient (Wildman–Crippen LogP) is 5.25. The molecule has 24 heavy (non-hydrogen) atoms. The lowest BCUT2D eigenvalue weighted by Crippen LogP contribution is -2.03. The van der Waals surface area contributed by atoms with Crippen LogP contribution in [0.2, 0.25) is 0 Å². The second-order valence-corrected chi connectivity index (χ2v) is 7.81. The summed E-state index contributed by atoms with van der Waals surface area (Å²) in [6, 6.07) is 9.16. The van der Waals surface area contributed by atoms with E-state index in [2.05, 4.69) is 49.7 Å². The average molecular weight is 351 g/mol. The summed E-state index contributed by atoms with van der Waals surface area (Å²) < 4.78 is 4.88. The third-order valence-corrected chi connectivity index (χ3v) is 4.98. The van der Waals surface area contributed by atoms with Crippen molar-refractivity contribution in [2.75, 3.05) is 0 Å². The summed E-state index contributed by atoms with van der Waals surface area (Å²) in [5.74, 6) is 0.214. The number of aliphatic hydroxyl groups excluding tert-OH is 1. The summed E-state index contributed by atoms with van der Waals surface area (Å²) in [6.07, 6.45) is 5.77. The van der Waals surface area contributed by atoms with E-state index in [9.17, 15) is 5.11 Å². The Labute approximate surface area is 150 Å². The van der Waals surface area contributed by atoms with Crippen LogP contribution < -0.4 is 0 Å². The molecule has 0 amide bonds. The fraction of sp³-hybridized carbons (Fsp3) is 0.579. The summed E-state index contributed by atoms with van der Waals surface area (Å²) in [5.41, 5.74) is 0.742. The van der Waals surface area contributed by atoms with Crippen molar-refractivity contribution in [3.8, 4) is 0 Å². The molecule has 0 aliphatic rings. The van der Waals surface area contributed by atoms with Crippen LogP contribution in [0.25, 0.3) is 0 Å². The van der Waals surface area contributed by atoms with Gasteiger partial charge in [-0.25, -0.2) is 0 Å². The lowest BCUT2D eigenvalue weighted by Gasteiger charge is -2.15. The molecule has 3 unspecified atom stereocenters. The molecule has 1 aromatic heterocycles. The number of rotatable bonds is 8. The number of hydrogen-bond donors (Lipinski definition) is 1. The summed E-state index contributed by atoms with van der Waals surface area (Å²) in [6.45, 7) is 9.23. The van der Waals surface area contributed by atoms with Gasteiger partial charge in [0.05, 0.1) is 0 Å². The minimum Gasteiger partial charge on any atom is -0.425 e. The molecule has 0 aliphatic heterocycles. The Bertz CT molecular complexity index is 509. The highest BCUT2D eigenvalue weighted by molar-refractivity contribution is 8.00. The Hall–Kier alpha value is -1.33. The van der Waals surface area contributed by atoms with Gasteiger partial charge in [0.25, 0.3) is 0 Å². The Kier molecular flexibility index (Phi) is 10.4. The quantitative estimate of drug-likeness (QED) is 0.705. The van der Waals surface area contributed by atoms with Crippen molar-refractivity contribution in [2.45, 2.75) is 70.0 Å². The number of aliphatic hydroxyl groups is 1. The van der Waals surface area contributed by atoms with Gasteiger partial charge in [-0.3, -0.25) is 0 Å². The molecule has 0 bridgehead atoms. The van der Waals surface area contributed by atoms with E-state index in [-0.39, 0.29) is 5.89 Å². The maximum Gasteiger partial charge on any atom is 0.249 e. The zero-order chi connectivity index (χ0) is 17.8. The van der Waals surface area contributed by atoms with E-state index in [1.54, 1.807) is 12.1 Å². The van der Waals surface area contributed by atoms with E-state index in [0.717, 1.165) is 16.1 Å². The van der Waals surface area contributed by atoms with Gasteiger partial charge in [-0.1, -0.05) is 70.9 Å². The number of nitrogens with zero attached hydrogens (tertiary/aromatic N) is 2. The van der Waals surface area contributed by atoms with Crippen LogP contribution in [0.1, 0.15) is 70.9 Å². The monoisotopic (exact) mass is 350 g/mol. The summed E-state index contributed by atoms with van der Waals surface area (Å²) in [7, 11) is 0. The molecule has 2 aromatic rings. The van der Waals surface area contributed by atoms with Crippen molar-refractivity contribution in [1.29, 1.82) is 0 Å². The molecule has 1 aromatic carbocycles. The van der Waals surface area contributed by atoms with Crippen LogP contribution in [0.15, 0.2) is 41.1 Å². The van der Waals surface area contributed by atoms with Crippen molar-refractivity contribution < 1.29 is 9.52 Å². The second-order valence-electron chi connectivity index (χ2n) is 5.92. The lowest BCUT2D eigenvalue weighted by molar-refractivity contribution is 0.182. The van der Waals surface area contributed by atoms with Gasteiger partial charge in [0.2, 0.25) is 12.3 Å². The molecular formula is C19H30N2O2S. The minimum atomic E-state index is -0.830. The Morgan fingerprint density at radius 1 is 1.04 bits per heavy atom. The topological polar surface area (TPSA) is 59.2 Å². The maximum atomic E-state index is 9.68. The summed E-state index contributed by atoms with van der Waals surface area (Å²) in [4.78, 5) is 0. The van der Waals surface area contributed by atoms with Crippen molar-refractivity contribution >= 4 is 11.8 Å². The van der Waals surface area contributed by atoms with Gasteiger partial charge >= 0.3 is 0 Å². The molecule has 0 fully saturated rings. The highest BCUT2D eigenvalue weighted by Gasteiger charge is 2.14. The van der Waals surface area contributed by atoms with Crippen molar-refractivity contribution in [1.82, 2.24) is 10.2 Å². The van der Waals surface area contributed by atoms with E-state index in [0.29, 0.717) is 0 Å². The fourth-order valence-corrected chi connectivity index (χ4v) is 3.96. The van der Waals surface area contributed by atoms with E-state index in [4.69, 9.17) is 4.42 Å². The maximum absolute atomic E-state index is 9.68. The molecule has 2 rings (SSSR count). The summed E-state index contributed by atoms with van der Waals surface area (Å²) in [5, 5.41) is 18.5. The highest BCUT2D eigenvalue weighted by atomic mass is 32.2. The third-order valence-electron chi connectivity index (χ3n) is 3.58. The highest BCUT2D eigenvalue weighted by Crippen LogP contribution is 2.23. The van der Waals surface area contributed by atoms with E-state index in [1.165, 1.54) is 32.1 Å². The molecule has 0 radical (unpaired) electrons. The first-order chi connectivity index (χ1) is 11.6. The zero-order valence-corrected chi connectivity index (χ0v) is 16.0. The second kappa shape index (κ2) is 12.1. The van der Waals surface area contributed by atoms with Gasteiger partial charge in [-0.05, 0) is 18.4 Å². The molecule has 4 nitrogen and oxygen atoms in total. The van der Waals surface area contributed by atoms with Gasteiger partial charge in [0, 0.05) is 10.5 Å². The Balaban J connectivity index is 0.000000245. The smallest absolute Gasteiger partial charge is 0.249 e. The van der Waals surface area contributed by atoms with Crippen molar-refractivity contribution in [2.24, 2.45) is 0 Å². The molecule has 0 spiro atoms. The number of hydrogen-bond acceptors (Lipinski definition) is 5. The van der Waals surface area contributed by atoms with Crippen LogP contribution in [0.3, 0.4) is 0 Å². The molecule has 5 heteroatoms. The predicted molar refractivity (Wildman–Crippen MR) is 101 cm³/mol. The van der Waals surface area contributed by atoms with E-state index >= 15 is 0 Å². The number of aromatic nitrogens is 2. The van der Waals surface area contributed by atoms with Crippen molar-refractivity contribution in [3.63, 3.8) is 0 Å². The van der Waals surface area contributed by atoms with Crippen LogP contribution in [0.4, 0.5) is 0 Å². The van der Waals surface area contributed by atoms with Crippen molar-refractivity contribution in [3.05, 3.63) is 48.2 Å². The van der Waals surface area contributed by atoms with E-state index < -0.39 is 6.10 Å². The van der Waals surface area contributed by atoms with Crippen LogP contribution >= 0.6 is 11.8 Å². The van der Waals surface area contributed by atoms with Gasteiger partial charge in [0.15, 0.2) is 6.10 Å². The standard InChI is InChI=1S/C10H22S.C9H8N2O2/c1-5-7-9(3)11-10(4)8-6-2;12-8(9-11-10-6-13-9)7-4-2-1-3-5-7/h9-10H,5-8H2,1-4H3;1-6,8,12H. The molecule has 1 heterocycles.